The molecule has 31 heavy (non-hydrogen) atoms. The van der Waals surface area contributed by atoms with Gasteiger partial charge in [0.1, 0.15) is 11.5 Å². The molecular weight excluding hydrogens is 452 g/mol. The molecule has 3 rings (SSSR count). The Balaban J connectivity index is 1.81. The van der Waals surface area contributed by atoms with Crippen LogP contribution in [0.25, 0.3) is 11.0 Å². The monoisotopic (exact) mass is 467 g/mol. The van der Waals surface area contributed by atoms with Crippen LogP contribution in [0.4, 0.5) is 26.3 Å². The van der Waals surface area contributed by atoms with E-state index in [0.29, 0.717) is 16.6 Å². The molecule has 0 spiro atoms. The third-order valence-corrected chi connectivity index (χ3v) is 5.24. The van der Waals surface area contributed by atoms with E-state index in [1.54, 1.807) is 0 Å². The Hall–Kier alpha value is -2.67. The average molecular weight is 467 g/mol. The molecule has 3 aromatic rings. The highest BCUT2D eigenvalue weighted by molar-refractivity contribution is 7.90. The summed E-state index contributed by atoms with van der Waals surface area (Å²) in [5, 5.41) is -0.0290. The molecular formula is C18H15F6N3O3S. The van der Waals surface area contributed by atoms with E-state index in [9.17, 15) is 30.9 Å². The molecule has 0 saturated carbocycles. The lowest BCUT2D eigenvalue weighted by Gasteiger charge is -2.16. The fourth-order valence-electron chi connectivity index (χ4n) is 2.74. The van der Waals surface area contributed by atoms with Gasteiger partial charge in [0.25, 0.3) is 0 Å². The van der Waals surface area contributed by atoms with Crippen LogP contribution in [0.5, 0.6) is 11.5 Å². The molecule has 2 heterocycles. The maximum atomic E-state index is 12.7. The number of ether oxygens (including phenoxy) is 2. The third-order valence-electron chi connectivity index (χ3n) is 4.08. The number of aromatic amines is 1. The van der Waals surface area contributed by atoms with Crippen molar-refractivity contribution in [2.75, 3.05) is 6.61 Å². The number of hydrogen-bond donors (Lipinski definition) is 1. The van der Waals surface area contributed by atoms with Crippen LogP contribution >= 0.6 is 0 Å². The minimum Gasteiger partial charge on any atom is -0.609 e. The van der Waals surface area contributed by atoms with E-state index in [-0.39, 0.29) is 27.9 Å². The summed E-state index contributed by atoms with van der Waals surface area (Å²) in [5.74, 6) is -0.676. The highest BCUT2D eigenvalue weighted by Crippen LogP contribution is 2.30. The molecule has 6 nitrogen and oxygen atoms in total. The molecule has 1 N–H and O–H groups in total. The number of fused-ring (bicyclic) bond motifs is 1. The first kappa shape index (κ1) is 23.0. The van der Waals surface area contributed by atoms with Crippen molar-refractivity contribution >= 4 is 22.2 Å². The first-order valence-electron chi connectivity index (χ1n) is 8.61. The van der Waals surface area contributed by atoms with Crippen molar-refractivity contribution in [2.24, 2.45) is 0 Å². The minimum atomic E-state index is -4.86. The van der Waals surface area contributed by atoms with Crippen molar-refractivity contribution in [2.45, 2.75) is 37.3 Å². The molecule has 0 bridgehead atoms. The van der Waals surface area contributed by atoms with E-state index in [4.69, 9.17) is 4.74 Å². The number of nitrogens with one attached hydrogen (secondary N) is 1. The molecule has 1 atom stereocenters. The summed E-state index contributed by atoms with van der Waals surface area (Å²) in [6.07, 6.45) is -8.07. The van der Waals surface area contributed by atoms with E-state index in [1.165, 1.54) is 26.1 Å². The van der Waals surface area contributed by atoms with Crippen molar-refractivity contribution in [3.63, 3.8) is 0 Å². The summed E-state index contributed by atoms with van der Waals surface area (Å²) >= 11 is -1.81. The quantitative estimate of drug-likeness (QED) is 0.419. The van der Waals surface area contributed by atoms with Gasteiger partial charge in [-0.3, -0.25) is 9.97 Å². The van der Waals surface area contributed by atoms with Crippen molar-refractivity contribution in [3.05, 3.63) is 41.2 Å². The van der Waals surface area contributed by atoms with Gasteiger partial charge >= 0.3 is 17.7 Å². The molecule has 0 aliphatic rings. The Bertz CT molecular complexity index is 1080. The number of alkyl halides is 6. The smallest absolute Gasteiger partial charge is 0.573 e. The molecule has 0 unspecified atom stereocenters. The number of imidazole rings is 1. The predicted molar refractivity (Wildman–Crippen MR) is 98.2 cm³/mol. The zero-order valence-corrected chi connectivity index (χ0v) is 16.8. The molecule has 0 saturated heterocycles. The summed E-state index contributed by atoms with van der Waals surface area (Å²) in [4.78, 5) is 10.9. The maximum Gasteiger partial charge on any atom is 0.573 e. The summed E-state index contributed by atoms with van der Waals surface area (Å²) in [6.45, 7) is 1.55. The largest absolute Gasteiger partial charge is 0.609 e. The first-order valence-corrected chi connectivity index (χ1v) is 9.93. The Morgan fingerprint density at radius 2 is 1.84 bits per heavy atom. The van der Waals surface area contributed by atoms with E-state index >= 15 is 0 Å². The number of halogens is 6. The van der Waals surface area contributed by atoms with E-state index in [0.717, 1.165) is 12.1 Å². The van der Waals surface area contributed by atoms with Gasteiger partial charge in [0.15, 0.2) is 12.4 Å². The predicted octanol–water partition coefficient (Wildman–Crippen LogP) is 4.72. The lowest BCUT2D eigenvalue weighted by Crippen LogP contribution is -2.20. The van der Waals surface area contributed by atoms with Crippen LogP contribution in [0.3, 0.4) is 0 Å². The van der Waals surface area contributed by atoms with E-state index in [2.05, 4.69) is 19.7 Å². The van der Waals surface area contributed by atoms with Crippen LogP contribution in [0.15, 0.2) is 29.6 Å². The highest BCUT2D eigenvalue weighted by Gasteiger charge is 2.32. The van der Waals surface area contributed by atoms with Crippen molar-refractivity contribution in [3.8, 4) is 11.5 Å². The number of aryl methyl sites for hydroxylation is 1. The molecule has 13 heteroatoms. The topological polar surface area (TPSA) is 83.1 Å². The number of nitrogens with zero attached hydrogens (tertiary/aromatic N) is 2. The number of aromatic nitrogens is 3. The minimum absolute atomic E-state index is 0.00197. The van der Waals surface area contributed by atoms with Crippen LogP contribution in [0.1, 0.15) is 16.8 Å². The van der Waals surface area contributed by atoms with Crippen molar-refractivity contribution in [1.82, 2.24) is 15.0 Å². The Kier molecular flexibility index (Phi) is 6.28. The van der Waals surface area contributed by atoms with Gasteiger partial charge in [0.05, 0.1) is 16.7 Å². The van der Waals surface area contributed by atoms with Crippen LogP contribution in [0.2, 0.25) is 0 Å². The summed E-state index contributed by atoms with van der Waals surface area (Å²) in [7, 11) is 0. The number of benzene rings is 1. The van der Waals surface area contributed by atoms with Gasteiger partial charge in [-0.05, 0) is 26.0 Å². The SMILES string of the molecule is Cc1cnc(C[S@+]([O-])c2nc3cc(OC(F)(F)F)ccc3[nH]2)c(C)c1OCC(F)(F)F. The lowest BCUT2D eigenvalue weighted by atomic mass is 10.1. The van der Waals surface area contributed by atoms with Gasteiger partial charge < -0.3 is 14.0 Å². The normalized spacial score (nSPS) is 13.5. The molecule has 2 aromatic heterocycles. The summed E-state index contributed by atoms with van der Waals surface area (Å²) in [5.41, 5.74) is 1.36. The van der Waals surface area contributed by atoms with Gasteiger partial charge in [-0.2, -0.15) is 18.2 Å². The molecule has 0 aliphatic heterocycles. The molecule has 0 amide bonds. The number of pyridine rings is 1. The van der Waals surface area contributed by atoms with Crippen LogP contribution in [0, 0.1) is 13.8 Å². The molecule has 0 aliphatic carbocycles. The first-order chi connectivity index (χ1) is 14.3. The average Bonchev–Trinajstić information content (AvgIpc) is 3.05. The second-order valence-electron chi connectivity index (χ2n) is 6.50. The van der Waals surface area contributed by atoms with Crippen molar-refractivity contribution in [1.29, 1.82) is 0 Å². The lowest BCUT2D eigenvalue weighted by molar-refractivity contribution is -0.274. The zero-order valence-electron chi connectivity index (χ0n) is 16.0. The Morgan fingerprint density at radius 3 is 2.48 bits per heavy atom. The van der Waals surface area contributed by atoms with Gasteiger partial charge in [-0.15, -0.1) is 13.2 Å². The molecule has 0 fully saturated rings. The van der Waals surface area contributed by atoms with Crippen LogP contribution < -0.4 is 9.47 Å². The Labute approximate surface area is 174 Å². The fourth-order valence-corrected chi connectivity index (χ4v) is 3.84. The maximum absolute atomic E-state index is 12.7. The van der Waals surface area contributed by atoms with Crippen LogP contribution in [-0.4, -0.2) is 38.7 Å². The summed E-state index contributed by atoms with van der Waals surface area (Å²) < 4.78 is 95.9. The second-order valence-corrected chi connectivity index (χ2v) is 7.87. The number of hydrogen-bond acceptors (Lipinski definition) is 5. The summed E-state index contributed by atoms with van der Waals surface area (Å²) in [6, 6.07) is 3.41. The number of rotatable bonds is 6. The fraction of sp³-hybridized carbons (Fsp3) is 0.333. The molecule has 168 valence electrons. The van der Waals surface area contributed by atoms with E-state index < -0.39 is 36.1 Å². The van der Waals surface area contributed by atoms with Gasteiger partial charge in [-0.25, -0.2) is 0 Å². The van der Waals surface area contributed by atoms with Crippen LogP contribution in [-0.2, 0) is 16.9 Å². The standard InChI is InChI=1S/C18H15F6N3O3S/c1-9-6-25-14(10(2)15(9)29-8-17(19,20)21)7-31(28)16-26-12-4-3-11(5-13(12)27-16)30-18(22,23)24/h3-6H,7-8H2,1-2H3,(H,26,27)/t31-/m0/s1. The number of H-pyrrole nitrogens is 1. The van der Waals surface area contributed by atoms with E-state index in [1.807, 2.05) is 0 Å². The Morgan fingerprint density at radius 1 is 1.13 bits per heavy atom. The van der Waals surface area contributed by atoms with Gasteiger partial charge in [-0.1, -0.05) is 0 Å². The second kappa shape index (κ2) is 8.46. The van der Waals surface area contributed by atoms with Crippen molar-refractivity contribution < 1.29 is 40.4 Å². The zero-order chi connectivity index (χ0) is 23.0. The molecule has 0 radical (unpaired) electrons. The van der Waals surface area contributed by atoms with Gasteiger partial charge in [0, 0.05) is 34.6 Å². The van der Waals surface area contributed by atoms with Gasteiger partial charge in [0.2, 0.25) is 0 Å². The third kappa shape index (κ3) is 5.94. The highest BCUT2D eigenvalue weighted by atomic mass is 32.2. The molecule has 1 aromatic carbocycles.